The lowest BCUT2D eigenvalue weighted by atomic mass is 10.1. The van der Waals surface area contributed by atoms with Crippen molar-refractivity contribution in [2.75, 3.05) is 54.4 Å². The number of piperazine rings is 1. The van der Waals surface area contributed by atoms with Gasteiger partial charge in [-0.05, 0) is 37.1 Å². The van der Waals surface area contributed by atoms with Crippen LogP contribution in [-0.4, -0.2) is 84.4 Å². The second kappa shape index (κ2) is 10.2. The maximum Gasteiger partial charge on any atom is 0.259 e. The molecule has 0 bridgehead atoms. The Morgan fingerprint density at radius 2 is 1.80 bits per heavy atom. The number of nitrogens with one attached hydrogen (secondary N) is 2. The van der Waals surface area contributed by atoms with Crippen molar-refractivity contribution in [3.8, 4) is 5.69 Å². The summed E-state index contributed by atoms with van der Waals surface area (Å²) in [7, 11) is 0. The first-order valence-electron chi connectivity index (χ1n) is 13.7. The van der Waals surface area contributed by atoms with Crippen LogP contribution in [-0.2, 0) is 5.91 Å². The fraction of sp³-hybridized carbons (Fsp3) is 0.393. The molecule has 1 saturated carbocycles. The van der Waals surface area contributed by atoms with Gasteiger partial charge < -0.3 is 30.3 Å². The number of rotatable bonds is 6. The summed E-state index contributed by atoms with van der Waals surface area (Å²) in [5, 5.41) is 29.0. The van der Waals surface area contributed by atoms with E-state index >= 15 is 8.78 Å². The van der Waals surface area contributed by atoms with Crippen LogP contribution < -0.4 is 15.5 Å². The van der Waals surface area contributed by atoms with Crippen LogP contribution >= 0.6 is 11.8 Å². The molecule has 1 aliphatic carbocycles. The van der Waals surface area contributed by atoms with E-state index in [9.17, 15) is 10.2 Å². The number of hydrogen-bond acceptors (Lipinski definition) is 10. The molecule has 2 saturated heterocycles. The first-order chi connectivity index (χ1) is 19.8. The second-order valence-corrected chi connectivity index (χ2v) is 12.1. The first-order valence-corrected chi connectivity index (χ1v) is 14.8. The largest absolute Gasteiger partial charge is 0.353 e. The number of nitrogens with zero attached hydrogens (tertiary/aromatic N) is 6. The minimum absolute atomic E-state index is 0.160. The lowest BCUT2D eigenvalue weighted by Crippen LogP contribution is -2.52. The minimum atomic E-state index is -2.75. The molecule has 4 aromatic rings. The van der Waals surface area contributed by atoms with E-state index in [0.717, 1.165) is 43.3 Å². The summed E-state index contributed by atoms with van der Waals surface area (Å²) in [6.45, 7) is 3.35. The van der Waals surface area contributed by atoms with Gasteiger partial charge in [0.2, 0.25) is 5.95 Å². The molecule has 0 amide bonds. The van der Waals surface area contributed by atoms with Crippen LogP contribution in [0.2, 0.25) is 0 Å². The van der Waals surface area contributed by atoms with Gasteiger partial charge in [-0.25, -0.2) is 23.6 Å². The minimum Gasteiger partial charge on any atom is -0.353 e. The van der Waals surface area contributed by atoms with E-state index < -0.39 is 23.1 Å². The van der Waals surface area contributed by atoms with E-state index in [1.165, 1.54) is 17.7 Å². The number of hydrogen-bond donors (Lipinski definition) is 4. The van der Waals surface area contributed by atoms with E-state index in [-0.39, 0.29) is 11.2 Å². The summed E-state index contributed by atoms with van der Waals surface area (Å²) in [4.78, 5) is 17.2. The number of fused-ring (bicyclic) bond motifs is 1. The summed E-state index contributed by atoms with van der Waals surface area (Å²) in [5.74, 6) is -2.37. The SMILES string of the molecule is OC(O)(c1c(F)cc(-n2ccc3cnc(Nc4ccnc(N5CCNC6(CC6)C5)c4)nc32)cc1F)N1CCSCC1. The van der Waals surface area contributed by atoms with Crippen molar-refractivity contribution in [3.63, 3.8) is 0 Å². The van der Waals surface area contributed by atoms with Gasteiger partial charge in [-0.2, -0.15) is 16.7 Å². The maximum absolute atomic E-state index is 15.3. The fourth-order valence-electron chi connectivity index (χ4n) is 5.68. The molecule has 4 N–H and O–H groups in total. The molecular formula is C28H30F2N8O2S. The van der Waals surface area contributed by atoms with E-state index in [1.807, 2.05) is 12.1 Å². The Kier molecular flexibility index (Phi) is 6.58. The molecule has 5 heterocycles. The van der Waals surface area contributed by atoms with Crippen molar-refractivity contribution < 1.29 is 19.0 Å². The number of benzene rings is 1. The molecule has 10 nitrogen and oxygen atoms in total. The highest BCUT2D eigenvalue weighted by molar-refractivity contribution is 7.99. The molecule has 0 unspecified atom stereocenters. The lowest BCUT2D eigenvalue weighted by Gasteiger charge is -2.37. The summed E-state index contributed by atoms with van der Waals surface area (Å²) in [5.41, 5.74) is 0.811. The molecule has 2 aliphatic heterocycles. The van der Waals surface area contributed by atoms with Gasteiger partial charge in [-0.1, -0.05) is 0 Å². The number of aliphatic hydroxyl groups is 2. The molecule has 7 rings (SSSR count). The van der Waals surface area contributed by atoms with Gasteiger partial charge in [0.15, 0.2) is 0 Å². The van der Waals surface area contributed by atoms with Gasteiger partial charge in [0.25, 0.3) is 5.91 Å². The summed E-state index contributed by atoms with van der Waals surface area (Å²) >= 11 is 1.65. The lowest BCUT2D eigenvalue weighted by molar-refractivity contribution is -0.276. The van der Waals surface area contributed by atoms with Crippen molar-refractivity contribution in [3.05, 3.63) is 66.1 Å². The zero-order valence-corrected chi connectivity index (χ0v) is 23.0. The summed E-state index contributed by atoms with van der Waals surface area (Å²) in [6, 6.07) is 7.73. The average molecular weight is 581 g/mol. The Balaban J connectivity index is 1.16. The van der Waals surface area contributed by atoms with E-state index in [1.54, 1.807) is 41.0 Å². The quantitative estimate of drug-likeness (QED) is 0.254. The van der Waals surface area contributed by atoms with Crippen LogP contribution in [0.15, 0.2) is 48.9 Å². The highest BCUT2D eigenvalue weighted by Crippen LogP contribution is 2.39. The van der Waals surface area contributed by atoms with E-state index in [0.29, 0.717) is 41.6 Å². The maximum atomic E-state index is 15.3. The highest BCUT2D eigenvalue weighted by atomic mass is 32.2. The Morgan fingerprint density at radius 3 is 2.56 bits per heavy atom. The molecule has 0 atom stereocenters. The van der Waals surface area contributed by atoms with Gasteiger partial charge in [-0.15, -0.1) is 0 Å². The zero-order chi connectivity index (χ0) is 28.2. The van der Waals surface area contributed by atoms with E-state index in [2.05, 4.69) is 30.5 Å². The van der Waals surface area contributed by atoms with Crippen LogP contribution in [0.5, 0.6) is 0 Å². The predicted octanol–water partition coefficient (Wildman–Crippen LogP) is 2.92. The standard InChI is InChI=1S/C28H30F2N8O2S/c29-21-14-20(15-22(30)24(21)28(39,40)37-9-11-41-12-10-37)38-7-2-18-16-32-26(35-25(18)38)34-19-1-5-31-23(13-19)36-8-6-33-27(17-36)3-4-27/h1-2,5,7,13-16,33,39-40H,3-4,6,8-12,17H2,(H,31,32,34,35). The Hall–Kier alpha value is -3.36. The van der Waals surface area contributed by atoms with Crippen LogP contribution in [0, 0.1) is 11.6 Å². The zero-order valence-electron chi connectivity index (χ0n) is 22.2. The van der Waals surface area contributed by atoms with Crippen molar-refractivity contribution in [1.29, 1.82) is 0 Å². The molecule has 214 valence electrons. The Labute approximate surface area is 239 Å². The molecular weight excluding hydrogens is 550 g/mol. The first kappa shape index (κ1) is 26.5. The molecule has 1 aromatic carbocycles. The monoisotopic (exact) mass is 580 g/mol. The molecule has 3 aromatic heterocycles. The number of anilines is 3. The second-order valence-electron chi connectivity index (χ2n) is 10.8. The topological polar surface area (TPSA) is 115 Å². The fourth-order valence-corrected chi connectivity index (χ4v) is 6.58. The van der Waals surface area contributed by atoms with Crippen LogP contribution in [0.4, 0.5) is 26.2 Å². The van der Waals surface area contributed by atoms with Crippen molar-refractivity contribution in [2.24, 2.45) is 0 Å². The molecule has 3 aliphatic rings. The smallest absolute Gasteiger partial charge is 0.259 e. The van der Waals surface area contributed by atoms with Crippen molar-refractivity contribution in [2.45, 2.75) is 24.3 Å². The van der Waals surface area contributed by atoms with E-state index in [4.69, 9.17) is 0 Å². The number of aromatic nitrogens is 4. The van der Waals surface area contributed by atoms with Crippen LogP contribution in [0.1, 0.15) is 18.4 Å². The highest BCUT2D eigenvalue weighted by Gasteiger charge is 2.45. The Morgan fingerprint density at radius 1 is 1.02 bits per heavy atom. The molecule has 0 radical (unpaired) electrons. The third-order valence-electron chi connectivity index (χ3n) is 8.07. The van der Waals surface area contributed by atoms with Crippen LogP contribution in [0.3, 0.4) is 0 Å². The molecule has 1 spiro atoms. The van der Waals surface area contributed by atoms with Crippen LogP contribution in [0.25, 0.3) is 16.7 Å². The predicted molar refractivity (Wildman–Crippen MR) is 153 cm³/mol. The summed E-state index contributed by atoms with van der Waals surface area (Å²) < 4.78 is 32.1. The van der Waals surface area contributed by atoms with Gasteiger partial charge >= 0.3 is 0 Å². The Bertz CT molecular complexity index is 1580. The number of thioether (sulfide) groups is 1. The average Bonchev–Trinajstić information content (AvgIpc) is 3.57. The van der Waals surface area contributed by atoms with Gasteiger partial charge in [0.05, 0.1) is 11.3 Å². The van der Waals surface area contributed by atoms with Crippen molar-refractivity contribution in [1.82, 2.24) is 29.7 Å². The normalized spacial score (nSPS) is 19.2. The molecule has 41 heavy (non-hydrogen) atoms. The molecule has 3 fully saturated rings. The third kappa shape index (κ3) is 5.01. The van der Waals surface area contributed by atoms with Crippen molar-refractivity contribution >= 4 is 40.2 Å². The number of pyridine rings is 1. The summed E-state index contributed by atoms with van der Waals surface area (Å²) in [6.07, 6.45) is 7.40. The van der Waals surface area contributed by atoms with Gasteiger partial charge in [0.1, 0.15) is 23.1 Å². The number of halogens is 2. The molecule has 13 heteroatoms. The van der Waals surface area contributed by atoms with Gasteiger partial charge in [-0.3, -0.25) is 0 Å². The third-order valence-corrected chi connectivity index (χ3v) is 9.02. The van der Waals surface area contributed by atoms with Gasteiger partial charge in [0, 0.05) is 85.5 Å².